The number of carbonyl (C=O) groups excluding carboxylic acids is 1. The Morgan fingerprint density at radius 1 is 1.22 bits per heavy atom. The molecule has 2 aromatic carbocycles. The maximum absolute atomic E-state index is 12.1. The third-order valence-corrected chi connectivity index (χ3v) is 4.46. The lowest BCUT2D eigenvalue weighted by molar-refractivity contribution is -0.119. The number of hydrogen-bond acceptors (Lipinski definition) is 6. The summed E-state index contributed by atoms with van der Waals surface area (Å²) in [7, 11) is -3.62. The largest absolute Gasteiger partial charge is 0.479 e. The number of ether oxygens (including phenoxy) is 1. The van der Waals surface area contributed by atoms with E-state index in [0.29, 0.717) is 17.0 Å². The van der Waals surface area contributed by atoms with Gasteiger partial charge in [0.25, 0.3) is 5.91 Å². The Labute approximate surface area is 157 Å². The first-order valence-electron chi connectivity index (χ1n) is 7.84. The van der Waals surface area contributed by atoms with E-state index in [0.717, 1.165) is 10.6 Å². The molecular weight excluding hydrogens is 368 g/mol. The van der Waals surface area contributed by atoms with Crippen molar-refractivity contribution in [3.05, 3.63) is 60.2 Å². The Kier molecular flexibility index (Phi) is 6.91. The van der Waals surface area contributed by atoms with Crippen LogP contribution >= 0.6 is 0 Å². The normalized spacial score (nSPS) is 11.0. The molecule has 0 heterocycles. The van der Waals surface area contributed by atoms with Crippen molar-refractivity contribution in [2.24, 2.45) is 5.10 Å². The van der Waals surface area contributed by atoms with Gasteiger partial charge in [-0.3, -0.25) is 9.10 Å². The fourth-order valence-electron chi connectivity index (χ4n) is 2.10. The van der Waals surface area contributed by atoms with Crippen molar-refractivity contribution < 1.29 is 17.9 Å². The average molecular weight is 386 g/mol. The summed E-state index contributed by atoms with van der Waals surface area (Å²) in [6.07, 6.45) is 2.45. The van der Waals surface area contributed by atoms with E-state index in [1.54, 1.807) is 54.6 Å². The second kappa shape index (κ2) is 9.35. The first kappa shape index (κ1) is 19.9. The Morgan fingerprint density at radius 3 is 2.48 bits per heavy atom. The third-order valence-electron chi connectivity index (χ3n) is 3.32. The van der Waals surface area contributed by atoms with Crippen LogP contribution in [0.5, 0.6) is 5.75 Å². The van der Waals surface area contributed by atoms with Gasteiger partial charge in [-0.2, -0.15) is 10.4 Å². The SMILES string of the molecule is CS(=O)(=O)N(CC(=O)N/N=C\c1ccc(OCC#N)cc1)c1ccccc1. The molecule has 27 heavy (non-hydrogen) atoms. The van der Waals surface area contributed by atoms with Crippen LogP contribution in [-0.4, -0.2) is 39.9 Å². The summed E-state index contributed by atoms with van der Waals surface area (Å²) in [5, 5.41) is 12.3. The number of benzene rings is 2. The Balaban J connectivity index is 1.96. The van der Waals surface area contributed by atoms with E-state index < -0.39 is 15.9 Å². The summed E-state index contributed by atoms with van der Waals surface area (Å²) < 4.78 is 30.0. The number of hydrogen-bond donors (Lipinski definition) is 1. The summed E-state index contributed by atoms with van der Waals surface area (Å²) in [5.41, 5.74) is 3.39. The van der Waals surface area contributed by atoms with E-state index in [2.05, 4.69) is 10.5 Å². The van der Waals surface area contributed by atoms with Crippen LogP contribution in [0.4, 0.5) is 5.69 Å². The highest BCUT2D eigenvalue weighted by Gasteiger charge is 2.20. The summed E-state index contributed by atoms with van der Waals surface area (Å²) in [6.45, 7) is -0.428. The molecule has 0 aliphatic rings. The van der Waals surface area contributed by atoms with Gasteiger partial charge in [0, 0.05) is 0 Å². The molecule has 9 heteroatoms. The van der Waals surface area contributed by atoms with Gasteiger partial charge in [0.1, 0.15) is 18.4 Å². The lowest BCUT2D eigenvalue weighted by Crippen LogP contribution is -2.38. The molecular formula is C18H18N4O4S. The van der Waals surface area contributed by atoms with Crippen molar-refractivity contribution in [2.45, 2.75) is 0 Å². The van der Waals surface area contributed by atoms with E-state index in [1.165, 1.54) is 6.21 Å². The van der Waals surface area contributed by atoms with Gasteiger partial charge in [-0.05, 0) is 42.0 Å². The highest BCUT2D eigenvalue weighted by atomic mass is 32.2. The first-order chi connectivity index (χ1) is 12.9. The molecule has 0 bridgehead atoms. The lowest BCUT2D eigenvalue weighted by Gasteiger charge is -2.21. The van der Waals surface area contributed by atoms with Crippen LogP contribution in [0.15, 0.2) is 59.7 Å². The minimum Gasteiger partial charge on any atom is -0.479 e. The number of sulfonamides is 1. The van der Waals surface area contributed by atoms with Gasteiger partial charge in [0.2, 0.25) is 10.0 Å². The number of nitrogens with one attached hydrogen (secondary N) is 1. The van der Waals surface area contributed by atoms with Gasteiger partial charge < -0.3 is 4.74 Å². The third kappa shape index (κ3) is 6.45. The van der Waals surface area contributed by atoms with Gasteiger partial charge in [-0.1, -0.05) is 18.2 Å². The van der Waals surface area contributed by atoms with E-state index >= 15 is 0 Å². The smallest absolute Gasteiger partial charge is 0.260 e. The van der Waals surface area contributed by atoms with Gasteiger partial charge in [0.15, 0.2) is 6.61 Å². The Bertz CT molecular complexity index is 936. The maximum Gasteiger partial charge on any atom is 0.260 e. The summed E-state index contributed by atoms with van der Waals surface area (Å²) in [6, 6.07) is 17.0. The molecule has 1 amide bonds. The zero-order chi connectivity index (χ0) is 19.7. The number of nitrogens with zero attached hydrogens (tertiary/aromatic N) is 3. The Morgan fingerprint density at radius 2 is 1.89 bits per heavy atom. The minimum atomic E-state index is -3.62. The van der Waals surface area contributed by atoms with Crippen LogP contribution < -0.4 is 14.5 Å². The molecule has 0 unspecified atom stereocenters. The standard InChI is InChI=1S/C18H18N4O4S/c1-27(24,25)22(16-5-3-2-4-6-16)14-18(23)21-20-13-15-7-9-17(10-8-15)26-12-11-19/h2-10,13H,12,14H2,1H3,(H,21,23)/b20-13-. The summed E-state index contributed by atoms with van der Waals surface area (Å²) in [5.74, 6) is -0.0288. The van der Waals surface area contributed by atoms with Crippen LogP contribution in [-0.2, 0) is 14.8 Å². The van der Waals surface area contributed by atoms with Gasteiger partial charge in [-0.15, -0.1) is 0 Å². The molecule has 140 valence electrons. The maximum atomic E-state index is 12.1. The number of hydrazone groups is 1. The quantitative estimate of drug-likeness (QED) is 0.546. The number of rotatable bonds is 8. The van der Waals surface area contributed by atoms with E-state index in [-0.39, 0.29) is 13.2 Å². The molecule has 0 atom stereocenters. The molecule has 0 fully saturated rings. The fraction of sp³-hybridized carbons (Fsp3) is 0.167. The topological polar surface area (TPSA) is 112 Å². The van der Waals surface area contributed by atoms with Crippen LogP contribution in [0.1, 0.15) is 5.56 Å². The predicted octanol–water partition coefficient (Wildman–Crippen LogP) is 1.51. The monoisotopic (exact) mass is 386 g/mol. The highest BCUT2D eigenvalue weighted by molar-refractivity contribution is 7.92. The molecule has 2 aromatic rings. The van der Waals surface area contributed by atoms with Crippen LogP contribution in [0.25, 0.3) is 0 Å². The van der Waals surface area contributed by atoms with E-state index in [1.807, 2.05) is 6.07 Å². The van der Waals surface area contributed by atoms with Crippen molar-refractivity contribution in [2.75, 3.05) is 23.7 Å². The van der Waals surface area contributed by atoms with Crippen LogP contribution in [0.3, 0.4) is 0 Å². The zero-order valence-electron chi connectivity index (χ0n) is 14.6. The van der Waals surface area contributed by atoms with Crippen molar-refractivity contribution in [1.29, 1.82) is 5.26 Å². The zero-order valence-corrected chi connectivity index (χ0v) is 15.4. The molecule has 0 spiro atoms. The van der Waals surface area contributed by atoms with Gasteiger partial charge >= 0.3 is 0 Å². The molecule has 0 saturated heterocycles. The van der Waals surface area contributed by atoms with Gasteiger partial charge in [-0.25, -0.2) is 13.8 Å². The molecule has 0 saturated carbocycles. The van der Waals surface area contributed by atoms with Crippen LogP contribution in [0.2, 0.25) is 0 Å². The fourth-order valence-corrected chi connectivity index (χ4v) is 2.96. The van der Waals surface area contributed by atoms with Crippen molar-refractivity contribution in [1.82, 2.24) is 5.43 Å². The molecule has 0 aromatic heterocycles. The Hall–Kier alpha value is -3.38. The number of amides is 1. The first-order valence-corrected chi connectivity index (χ1v) is 9.69. The van der Waals surface area contributed by atoms with Gasteiger partial charge in [0.05, 0.1) is 18.2 Å². The predicted molar refractivity (Wildman–Crippen MR) is 102 cm³/mol. The molecule has 0 aliphatic carbocycles. The number of anilines is 1. The molecule has 1 N–H and O–H groups in total. The van der Waals surface area contributed by atoms with Crippen molar-refractivity contribution in [3.8, 4) is 11.8 Å². The molecule has 2 rings (SSSR count). The van der Waals surface area contributed by atoms with Crippen molar-refractivity contribution >= 4 is 27.8 Å². The molecule has 0 aliphatic heterocycles. The number of carbonyl (C=O) groups is 1. The second-order valence-electron chi connectivity index (χ2n) is 5.41. The molecule has 8 nitrogen and oxygen atoms in total. The average Bonchev–Trinajstić information content (AvgIpc) is 2.65. The van der Waals surface area contributed by atoms with Crippen LogP contribution in [0, 0.1) is 11.3 Å². The summed E-state index contributed by atoms with van der Waals surface area (Å²) >= 11 is 0. The highest BCUT2D eigenvalue weighted by Crippen LogP contribution is 2.16. The minimum absolute atomic E-state index is 0.0399. The number of para-hydroxylation sites is 1. The summed E-state index contributed by atoms with van der Waals surface area (Å²) in [4.78, 5) is 12.1. The second-order valence-corrected chi connectivity index (χ2v) is 7.32. The lowest BCUT2D eigenvalue weighted by atomic mass is 10.2. The number of nitriles is 1. The van der Waals surface area contributed by atoms with Crippen molar-refractivity contribution in [3.63, 3.8) is 0 Å². The van der Waals surface area contributed by atoms with E-state index in [9.17, 15) is 13.2 Å². The van der Waals surface area contributed by atoms with E-state index in [4.69, 9.17) is 10.00 Å². The molecule has 0 radical (unpaired) electrons.